The van der Waals surface area contributed by atoms with E-state index in [0.29, 0.717) is 17.3 Å². The van der Waals surface area contributed by atoms with Gasteiger partial charge in [0.05, 0.1) is 11.0 Å². The summed E-state index contributed by atoms with van der Waals surface area (Å²) in [5.74, 6) is 0.492. The molecule has 1 saturated carbocycles. The highest BCUT2D eigenvalue weighted by molar-refractivity contribution is 7.80. The zero-order valence-corrected chi connectivity index (χ0v) is 12.6. The van der Waals surface area contributed by atoms with Gasteiger partial charge in [0.15, 0.2) is 0 Å². The molecule has 3 nitrogen and oxygen atoms in total. The largest absolute Gasteiger partial charge is 0.392 e. The summed E-state index contributed by atoms with van der Waals surface area (Å²) in [4.78, 5) is 12.4. The molecule has 0 aromatic carbocycles. The standard InChI is InChI=1S/C14H26N2OS/c1-14(2,3)9-11(17)16-12(13(15)18)10-7-5-4-6-8-10/h10,12H,4-9H2,1-3H3,(H2,15,18)(H,16,17). The van der Waals surface area contributed by atoms with E-state index in [1.165, 1.54) is 19.3 Å². The van der Waals surface area contributed by atoms with Crippen molar-refractivity contribution in [1.29, 1.82) is 0 Å². The minimum absolute atomic E-state index is 0.00256. The number of carbonyl (C=O) groups excluding carboxylic acids is 1. The van der Waals surface area contributed by atoms with Crippen LogP contribution in [-0.2, 0) is 4.79 Å². The summed E-state index contributed by atoms with van der Waals surface area (Å²) in [6.45, 7) is 6.18. The maximum atomic E-state index is 12.0. The van der Waals surface area contributed by atoms with Gasteiger partial charge in [0.25, 0.3) is 0 Å². The monoisotopic (exact) mass is 270 g/mol. The van der Waals surface area contributed by atoms with Crippen molar-refractivity contribution in [3.63, 3.8) is 0 Å². The number of nitrogens with one attached hydrogen (secondary N) is 1. The van der Waals surface area contributed by atoms with Crippen LogP contribution >= 0.6 is 12.2 Å². The third-order valence-electron chi connectivity index (χ3n) is 3.44. The first kappa shape index (κ1) is 15.4. The van der Waals surface area contributed by atoms with Crippen LogP contribution in [0.3, 0.4) is 0 Å². The fraction of sp³-hybridized carbons (Fsp3) is 0.857. The van der Waals surface area contributed by atoms with Crippen molar-refractivity contribution < 1.29 is 4.79 Å². The van der Waals surface area contributed by atoms with Crippen LogP contribution < -0.4 is 11.1 Å². The number of thiocarbonyl (C=S) groups is 1. The number of amides is 1. The molecule has 1 aliphatic rings. The summed E-state index contributed by atoms with van der Waals surface area (Å²) < 4.78 is 0. The number of hydrogen-bond acceptors (Lipinski definition) is 2. The van der Waals surface area contributed by atoms with Gasteiger partial charge in [-0.15, -0.1) is 0 Å². The van der Waals surface area contributed by atoms with Crippen molar-refractivity contribution >= 4 is 23.1 Å². The number of nitrogens with two attached hydrogens (primary N) is 1. The van der Waals surface area contributed by atoms with Crippen LogP contribution in [0.15, 0.2) is 0 Å². The minimum Gasteiger partial charge on any atom is -0.392 e. The van der Waals surface area contributed by atoms with Gasteiger partial charge in [0.1, 0.15) is 0 Å². The molecule has 0 saturated heterocycles. The van der Waals surface area contributed by atoms with Crippen molar-refractivity contribution in [3.05, 3.63) is 0 Å². The van der Waals surface area contributed by atoms with Crippen LogP contribution in [0.2, 0.25) is 0 Å². The Labute approximate surface area is 116 Å². The van der Waals surface area contributed by atoms with E-state index in [1.807, 2.05) is 0 Å². The molecule has 1 unspecified atom stereocenters. The van der Waals surface area contributed by atoms with Gasteiger partial charge in [-0.1, -0.05) is 52.3 Å². The smallest absolute Gasteiger partial charge is 0.221 e. The molecule has 104 valence electrons. The van der Waals surface area contributed by atoms with Crippen molar-refractivity contribution in [1.82, 2.24) is 5.32 Å². The molecule has 0 bridgehead atoms. The number of carbonyl (C=O) groups is 1. The fourth-order valence-corrected chi connectivity index (χ4v) is 2.85. The van der Waals surface area contributed by atoms with Crippen LogP contribution in [0.25, 0.3) is 0 Å². The topological polar surface area (TPSA) is 55.1 Å². The van der Waals surface area contributed by atoms with Crippen LogP contribution in [-0.4, -0.2) is 16.9 Å². The number of rotatable bonds is 4. The average molecular weight is 270 g/mol. The second-order valence-electron chi connectivity index (χ2n) is 6.58. The van der Waals surface area contributed by atoms with E-state index >= 15 is 0 Å². The quantitative estimate of drug-likeness (QED) is 0.772. The summed E-state index contributed by atoms with van der Waals surface area (Å²) in [5.41, 5.74) is 5.79. The maximum absolute atomic E-state index is 12.0. The van der Waals surface area contributed by atoms with Crippen molar-refractivity contribution in [2.75, 3.05) is 0 Å². The molecular formula is C14H26N2OS. The lowest BCUT2D eigenvalue weighted by molar-refractivity contribution is -0.123. The molecule has 0 aromatic heterocycles. The van der Waals surface area contributed by atoms with E-state index in [1.54, 1.807) is 0 Å². The normalized spacial score (nSPS) is 19.3. The molecule has 1 atom stereocenters. The Morgan fingerprint density at radius 1 is 1.33 bits per heavy atom. The summed E-state index contributed by atoms with van der Waals surface area (Å²) in [7, 11) is 0. The Balaban J connectivity index is 2.57. The van der Waals surface area contributed by atoms with Gasteiger partial charge in [-0.25, -0.2) is 0 Å². The van der Waals surface area contributed by atoms with Gasteiger partial charge in [-0.05, 0) is 24.2 Å². The predicted molar refractivity (Wildman–Crippen MR) is 79.4 cm³/mol. The highest BCUT2D eigenvalue weighted by atomic mass is 32.1. The van der Waals surface area contributed by atoms with E-state index in [-0.39, 0.29) is 17.4 Å². The Morgan fingerprint density at radius 3 is 2.33 bits per heavy atom. The Morgan fingerprint density at radius 2 is 1.89 bits per heavy atom. The highest BCUT2D eigenvalue weighted by Gasteiger charge is 2.28. The average Bonchev–Trinajstić information content (AvgIpc) is 2.24. The van der Waals surface area contributed by atoms with Crippen molar-refractivity contribution in [2.45, 2.75) is 65.3 Å². The molecule has 0 aliphatic heterocycles. The molecule has 18 heavy (non-hydrogen) atoms. The molecule has 4 heteroatoms. The van der Waals surface area contributed by atoms with Gasteiger partial charge in [0.2, 0.25) is 5.91 Å². The van der Waals surface area contributed by atoms with Crippen LogP contribution in [0.1, 0.15) is 59.3 Å². The van der Waals surface area contributed by atoms with Gasteiger partial charge in [-0.2, -0.15) is 0 Å². The lowest BCUT2D eigenvalue weighted by Gasteiger charge is -2.31. The van der Waals surface area contributed by atoms with Gasteiger partial charge in [0, 0.05) is 6.42 Å². The third kappa shape index (κ3) is 5.34. The molecule has 1 aliphatic carbocycles. The molecule has 0 aromatic rings. The second-order valence-corrected chi connectivity index (χ2v) is 7.05. The van der Waals surface area contributed by atoms with Crippen LogP contribution in [0.4, 0.5) is 0 Å². The van der Waals surface area contributed by atoms with Crippen LogP contribution in [0.5, 0.6) is 0 Å². The van der Waals surface area contributed by atoms with E-state index < -0.39 is 0 Å². The van der Waals surface area contributed by atoms with Crippen LogP contribution in [0, 0.1) is 11.3 Å². The zero-order valence-electron chi connectivity index (χ0n) is 11.8. The first-order valence-corrected chi connectivity index (χ1v) is 7.29. The zero-order chi connectivity index (χ0) is 13.8. The molecular weight excluding hydrogens is 244 g/mol. The first-order chi connectivity index (χ1) is 8.29. The molecule has 0 radical (unpaired) electrons. The molecule has 3 N–H and O–H groups in total. The molecule has 1 amide bonds. The van der Waals surface area contributed by atoms with Gasteiger partial charge < -0.3 is 11.1 Å². The second kappa shape index (κ2) is 6.50. The Bertz CT molecular complexity index is 303. The summed E-state index contributed by atoms with van der Waals surface area (Å²) >= 11 is 5.12. The molecule has 1 rings (SSSR count). The fourth-order valence-electron chi connectivity index (χ4n) is 2.59. The highest BCUT2D eigenvalue weighted by Crippen LogP contribution is 2.27. The van der Waals surface area contributed by atoms with Crippen molar-refractivity contribution in [2.24, 2.45) is 17.1 Å². The summed E-state index contributed by atoms with van der Waals surface area (Å²) in [6, 6.07) is -0.116. The van der Waals surface area contributed by atoms with E-state index in [4.69, 9.17) is 18.0 Å². The van der Waals surface area contributed by atoms with E-state index in [0.717, 1.165) is 12.8 Å². The summed E-state index contributed by atoms with van der Waals surface area (Å²) in [5, 5.41) is 3.04. The maximum Gasteiger partial charge on any atom is 0.221 e. The third-order valence-corrected chi connectivity index (χ3v) is 3.69. The number of hydrogen-bond donors (Lipinski definition) is 2. The van der Waals surface area contributed by atoms with Gasteiger partial charge >= 0.3 is 0 Å². The lowest BCUT2D eigenvalue weighted by Crippen LogP contribution is -2.49. The minimum atomic E-state index is -0.116. The Hall–Kier alpha value is -0.640. The van der Waals surface area contributed by atoms with E-state index in [2.05, 4.69) is 26.1 Å². The van der Waals surface area contributed by atoms with E-state index in [9.17, 15) is 4.79 Å². The SMILES string of the molecule is CC(C)(C)CC(=O)NC(C(N)=S)C1CCCCC1. The molecule has 0 spiro atoms. The summed E-state index contributed by atoms with van der Waals surface area (Å²) in [6.07, 6.45) is 6.49. The van der Waals surface area contributed by atoms with Crippen molar-refractivity contribution in [3.8, 4) is 0 Å². The Kier molecular flexibility index (Phi) is 5.57. The lowest BCUT2D eigenvalue weighted by atomic mass is 9.83. The first-order valence-electron chi connectivity index (χ1n) is 6.88. The molecule has 1 fully saturated rings. The predicted octanol–water partition coefficient (Wildman–Crippen LogP) is 2.77. The van der Waals surface area contributed by atoms with Gasteiger partial charge in [-0.3, -0.25) is 4.79 Å². The molecule has 0 heterocycles.